The van der Waals surface area contributed by atoms with Crippen molar-refractivity contribution < 1.29 is 13.7 Å². The highest BCUT2D eigenvalue weighted by atomic mass is 19.1. The molecule has 31 heavy (non-hydrogen) atoms. The van der Waals surface area contributed by atoms with Crippen LogP contribution in [0.5, 0.6) is 0 Å². The van der Waals surface area contributed by atoms with E-state index in [4.69, 9.17) is 4.52 Å². The molecule has 1 atom stereocenters. The maximum atomic E-state index is 13.5. The van der Waals surface area contributed by atoms with Gasteiger partial charge in [-0.25, -0.2) is 13.9 Å². The Morgan fingerprint density at radius 2 is 2.00 bits per heavy atom. The summed E-state index contributed by atoms with van der Waals surface area (Å²) in [5.74, 6) is -0.230. The predicted octanol–water partition coefficient (Wildman–Crippen LogP) is 3.04. The van der Waals surface area contributed by atoms with Crippen molar-refractivity contribution in [3.63, 3.8) is 0 Å². The summed E-state index contributed by atoms with van der Waals surface area (Å²) in [7, 11) is 0. The van der Waals surface area contributed by atoms with E-state index in [1.54, 1.807) is 25.1 Å². The first-order chi connectivity index (χ1) is 14.9. The fourth-order valence-corrected chi connectivity index (χ4v) is 3.60. The van der Waals surface area contributed by atoms with Gasteiger partial charge in [-0.05, 0) is 31.5 Å². The molecular weight excluding hydrogens is 401 g/mol. The lowest BCUT2D eigenvalue weighted by Gasteiger charge is -2.19. The number of fused-ring (bicyclic) bond motifs is 1. The molecule has 2 N–H and O–H groups in total. The molecule has 0 saturated heterocycles. The van der Waals surface area contributed by atoms with Crippen LogP contribution in [0.15, 0.2) is 45.7 Å². The molecule has 3 heterocycles. The zero-order valence-corrected chi connectivity index (χ0v) is 17.4. The summed E-state index contributed by atoms with van der Waals surface area (Å²) < 4.78 is 20.1. The second kappa shape index (κ2) is 8.17. The van der Waals surface area contributed by atoms with Gasteiger partial charge in [0.05, 0.1) is 17.4 Å². The molecule has 0 aliphatic rings. The van der Waals surface area contributed by atoms with Crippen LogP contribution in [0.2, 0.25) is 0 Å². The highest BCUT2D eigenvalue weighted by molar-refractivity contribution is 5.96. The quantitative estimate of drug-likeness (QED) is 0.496. The molecule has 3 aromatic heterocycles. The molecule has 0 unspecified atom stereocenters. The van der Waals surface area contributed by atoms with Crippen LogP contribution in [-0.2, 0) is 12.8 Å². The van der Waals surface area contributed by atoms with Crippen molar-refractivity contribution in [1.29, 1.82) is 0 Å². The number of benzene rings is 1. The third-order valence-electron chi connectivity index (χ3n) is 5.10. The Balaban J connectivity index is 1.69. The summed E-state index contributed by atoms with van der Waals surface area (Å²) >= 11 is 0. The number of hydrogen-bond acceptors (Lipinski definition) is 5. The maximum Gasteiger partial charge on any atom is 0.272 e. The predicted molar refractivity (Wildman–Crippen MR) is 111 cm³/mol. The Kier molecular flexibility index (Phi) is 5.41. The number of halogens is 1. The van der Waals surface area contributed by atoms with Gasteiger partial charge in [0.1, 0.15) is 17.1 Å². The highest BCUT2D eigenvalue weighted by Gasteiger charge is 2.24. The van der Waals surface area contributed by atoms with Gasteiger partial charge in [0, 0.05) is 30.7 Å². The molecule has 4 aromatic rings. The van der Waals surface area contributed by atoms with Crippen molar-refractivity contribution >= 4 is 11.6 Å². The van der Waals surface area contributed by atoms with Crippen LogP contribution in [0, 0.1) is 19.7 Å². The van der Waals surface area contributed by atoms with Gasteiger partial charge >= 0.3 is 0 Å². The van der Waals surface area contributed by atoms with Gasteiger partial charge in [-0.15, -0.1) is 0 Å². The molecular formula is C22H22FN5O3. The molecule has 0 aliphatic carbocycles. The fourth-order valence-electron chi connectivity index (χ4n) is 3.60. The van der Waals surface area contributed by atoms with Gasteiger partial charge in [-0.1, -0.05) is 24.2 Å². The molecule has 0 fully saturated rings. The summed E-state index contributed by atoms with van der Waals surface area (Å²) in [6.07, 6.45) is 0.770. The monoisotopic (exact) mass is 423 g/mol. The smallest absolute Gasteiger partial charge is 0.272 e. The van der Waals surface area contributed by atoms with Crippen LogP contribution in [0.1, 0.15) is 51.7 Å². The van der Waals surface area contributed by atoms with Gasteiger partial charge < -0.3 is 9.84 Å². The van der Waals surface area contributed by atoms with Crippen LogP contribution < -0.4 is 10.9 Å². The molecule has 0 spiro atoms. The Morgan fingerprint density at radius 1 is 1.26 bits per heavy atom. The van der Waals surface area contributed by atoms with Gasteiger partial charge in [0.25, 0.3) is 11.5 Å². The number of nitrogens with zero attached hydrogens (tertiary/aromatic N) is 3. The van der Waals surface area contributed by atoms with Crippen molar-refractivity contribution in [1.82, 2.24) is 25.1 Å². The minimum absolute atomic E-state index is 0.249. The van der Waals surface area contributed by atoms with E-state index in [-0.39, 0.29) is 23.7 Å². The van der Waals surface area contributed by atoms with Crippen LogP contribution in [0.3, 0.4) is 0 Å². The van der Waals surface area contributed by atoms with E-state index in [1.165, 1.54) is 22.7 Å². The Morgan fingerprint density at radius 3 is 2.71 bits per heavy atom. The van der Waals surface area contributed by atoms with E-state index in [0.29, 0.717) is 40.3 Å². The normalized spacial score (nSPS) is 12.3. The second-order valence-corrected chi connectivity index (χ2v) is 7.42. The van der Waals surface area contributed by atoms with Crippen molar-refractivity contribution in [2.75, 3.05) is 0 Å². The summed E-state index contributed by atoms with van der Waals surface area (Å²) in [4.78, 5) is 30.0. The molecule has 1 aromatic carbocycles. The molecule has 0 aliphatic heterocycles. The molecule has 9 heteroatoms. The zero-order valence-electron chi connectivity index (χ0n) is 17.4. The maximum absolute atomic E-state index is 13.5. The lowest BCUT2D eigenvalue weighted by Crippen LogP contribution is -2.31. The lowest BCUT2D eigenvalue weighted by atomic mass is 10.0. The standard InChI is InChI=1S/C22H22FN5O3/c1-4-18-21(13(3)27-31-18)22(30)25-17(14-5-7-15(23)8-6-14)10-16-11-20(29)28-19(24-16)9-12(2)26-28/h5-9,11,17,26H,4,10H2,1-3H3,(H,25,30)/t17-/m0/s1. The Labute approximate surface area is 177 Å². The van der Waals surface area contributed by atoms with Crippen LogP contribution in [0.25, 0.3) is 5.65 Å². The molecule has 0 radical (unpaired) electrons. The third-order valence-corrected chi connectivity index (χ3v) is 5.10. The van der Waals surface area contributed by atoms with Gasteiger partial charge in [0.15, 0.2) is 5.65 Å². The largest absolute Gasteiger partial charge is 0.360 e. The van der Waals surface area contributed by atoms with E-state index in [2.05, 4.69) is 20.6 Å². The molecule has 4 rings (SSSR count). The topological polar surface area (TPSA) is 105 Å². The molecule has 0 saturated carbocycles. The number of aromatic nitrogens is 4. The fraction of sp³-hybridized carbons (Fsp3) is 0.273. The Bertz CT molecular complexity index is 1300. The second-order valence-electron chi connectivity index (χ2n) is 7.42. The number of carbonyl (C=O) groups excluding carboxylic acids is 1. The third kappa shape index (κ3) is 4.11. The van der Waals surface area contributed by atoms with Gasteiger partial charge in [-0.2, -0.15) is 0 Å². The number of hydrogen-bond donors (Lipinski definition) is 2. The van der Waals surface area contributed by atoms with E-state index in [1.807, 2.05) is 13.8 Å². The van der Waals surface area contributed by atoms with Crippen molar-refractivity contribution in [2.45, 2.75) is 39.7 Å². The first-order valence-corrected chi connectivity index (χ1v) is 9.95. The van der Waals surface area contributed by atoms with E-state index < -0.39 is 6.04 Å². The Hall–Kier alpha value is -3.75. The molecule has 160 valence electrons. The van der Waals surface area contributed by atoms with E-state index in [0.717, 1.165) is 5.69 Å². The summed E-state index contributed by atoms with van der Waals surface area (Å²) in [6.45, 7) is 5.41. The molecule has 8 nitrogen and oxygen atoms in total. The number of aromatic amines is 1. The van der Waals surface area contributed by atoms with Crippen LogP contribution >= 0.6 is 0 Å². The first kappa shape index (κ1) is 20.5. The molecule has 0 bridgehead atoms. The van der Waals surface area contributed by atoms with Crippen LogP contribution in [0.4, 0.5) is 4.39 Å². The van der Waals surface area contributed by atoms with Gasteiger partial charge in [-0.3, -0.25) is 14.7 Å². The number of nitrogens with one attached hydrogen (secondary N) is 2. The zero-order chi connectivity index (χ0) is 22.1. The average Bonchev–Trinajstić information content (AvgIpc) is 3.30. The summed E-state index contributed by atoms with van der Waals surface area (Å²) in [5, 5.41) is 9.79. The van der Waals surface area contributed by atoms with Gasteiger partial charge in [0.2, 0.25) is 0 Å². The van der Waals surface area contributed by atoms with E-state index >= 15 is 0 Å². The minimum atomic E-state index is -0.540. The molecule has 1 amide bonds. The average molecular weight is 423 g/mol. The van der Waals surface area contributed by atoms with Crippen molar-refractivity contribution in [3.8, 4) is 0 Å². The number of H-pyrrole nitrogens is 1. The lowest BCUT2D eigenvalue weighted by molar-refractivity contribution is 0.0934. The number of rotatable bonds is 6. The number of carbonyl (C=O) groups is 1. The van der Waals surface area contributed by atoms with Crippen molar-refractivity contribution in [2.24, 2.45) is 0 Å². The van der Waals surface area contributed by atoms with Crippen molar-refractivity contribution in [3.05, 3.63) is 86.5 Å². The summed E-state index contributed by atoms with van der Waals surface area (Å²) in [6, 6.07) is 8.52. The van der Waals surface area contributed by atoms with Crippen LogP contribution in [-0.4, -0.2) is 25.7 Å². The highest BCUT2D eigenvalue weighted by Crippen LogP contribution is 2.21. The summed E-state index contributed by atoms with van der Waals surface area (Å²) in [5.41, 5.74) is 3.13. The number of amides is 1. The number of aryl methyl sites for hydroxylation is 3. The minimum Gasteiger partial charge on any atom is -0.360 e. The van der Waals surface area contributed by atoms with E-state index in [9.17, 15) is 14.0 Å². The first-order valence-electron chi connectivity index (χ1n) is 9.95. The SMILES string of the molecule is CCc1onc(C)c1C(=O)N[C@@H](Cc1cc(=O)n2[nH]c(C)cc2n1)c1ccc(F)cc1.